The zero-order valence-corrected chi connectivity index (χ0v) is 12.6. The second-order valence-electron chi connectivity index (χ2n) is 5.09. The van der Waals surface area contributed by atoms with Crippen molar-refractivity contribution in [1.29, 1.82) is 5.26 Å². The zero-order chi connectivity index (χ0) is 15.9. The van der Waals surface area contributed by atoms with Gasteiger partial charge in [-0.2, -0.15) is 5.26 Å². The highest BCUT2D eigenvalue weighted by Gasteiger charge is 2.22. The van der Waals surface area contributed by atoms with Crippen molar-refractivity contribution in [3.8, 4) is 11.8 Å². The molecule has 0 radical (unpaired) electrons. The van der Waals surface area contributed by atoms with Gasteiger partial charge in [0.15, 0.2) is 0 Å². The molecule has 0 bridgehead atoms. The average molecular weight is 301 g/mol. The topological polar surface area (TPSA) is 73.6 Å². The molecule has 0 atom stereocenters. The summed E-state index contributed by atoms with van der Waals surface area (Å²) in [5, 5.41) is 8.60. The molecular weight excluding hydrogens is 282 g/mol. The van der Waals surface area contributed by atoms with Crippen LogP contribution in [0.2, 0.25) is 0 Å². The van der Waals surface area contributed by atoms with Crippen LogP contribution in [0.4, 0.5) is 0 Å². The van der Waals surface area contributed by atoms with Crippen LogP contribution in [0.1, 0.15) is 23.2 Å². The molecule has 1 fully saturated rings. The molecule has 0 aromatic heterocycles. The first-order valence-electron chi connectivity index (χ1n) is 7.23. The van der Waals surface area contributed by atoms with E-state index in [1.165, 1.54) is 0 Å². The molecule has 0 saturated carbocycles. The Labute approximate surface area is 129 Å². The van der Waals surface area contributed by atoms with Gasteiger partial charge >= 0.3 is 0 Å². The van der Waals surface area contributed by atoms with Gasteiger partial charge in [-0.1, -0.05) is 6.07 Å². The Morgan fingerprint density at radius 1 is 1.23 bits per heavy atom. The van der Waals surface area contributed by atoms with Crippen molar-refractivity contribution in [2.75, 3.05) is 33.3 Å². The van der Waals surface area contributed by atoms with Gasteiger partial charge < -0.3 is 14.5 Å². The summed E-state index contributed by atoms with van der Waals surface area (Å²) in [4.78, 5) is 27.7. The maximum absolute atomic E-state index is 12.5. The highest BCUT2D eigenvalue weighted by atomic mass is 16.5. The van der Waals surface area contributed by atoms with E-state index < -0.39 is 0 Å². The summed E-state index contributed by atoms with van der Waals surface area (Å²) in [6.07, 6.45) is 0.608. The molecule has 22 heavy (non-hydrogen) atoms. The number of carbonyl (C=O) groups excluding carboxylic acids is 2. The van der Waals surface area contributed by atoms with E-state index in [1.54, 1.807) is 41.2 Å². The fourth-order valence-electron chi connectivity index (χ4n) is 2.49. The van der Waals surface area contributed by atoms with E-state index >= 15 is 0 Å². The van der Waals surface area contributed by atoms with Crippen molar-refractivity contribution in [3.63, 3.8) is 0 Å². The van der Waals surface area contributed by atoms with Gasteiger partial charge in [0, 0.05) is 31.7 Å². The Balaban J connectivity index is 2.02. The SMILES string of the molecule is COc1cccc(C(=O)N2CCCN(C(=O)CC#N)CC2)c1. The molecule has 2 rings (SSSR count). The summed E-state index contributed by atoms with van der Waals surface area (Å²) in [5.41, 5.74) is 0.580. The Hall–Kier alpha value is -2.55. The zero-order valence-electron chi connectivity index (χ0n) is 12.6. The molecule has 1 aliphatic rings. The molecule has 0 aliphatic carbocycles. The van der Waals surface area contributed by atoms with Crippen LogP contribution in [-0.2, 0) is 4.79 Å². The maximum atomic E-state index is 12.5. The van der Waals surface area contributed by atoms with Gasteiger partial charge in [-0.05, 0) is 24.6 Å². The quantitative estimate of drug-likeness (QED) is 0.843. The Morgan fingerprint density at radius 2 is 1.95 bits per heavy atom. The monoisotopic (exact) mass is 301 g/mol. The molecule has 2 amide bonds. The molecule has 1 saturated heterocycles. The minimum Gasteiger partial charge on any atom is -0.497 e. The molecular formula is C16H19N3O3. The number of hydrogen-bond donors (Lipinski definition) is 0. The minimum atomic E-state index is -0.168. The van der Waals surface area contributed by atoms with Gasteiger partial charge in [-0.25, -0.2) is 0 Å². The predicted molar refractivity (Wildman–Crippen MR) is 80.3 cm³/mol. The number of nitriles is 1. The van der Waals surface area contributed by atoms with Crippen LogP contribution in [0.3, 0.4) is 0 Å². The van der Waals surface area contributed by atoms with Crippen molar-refractivity contribution in [2.24, 2.45) is 0 Å². The van der Waals surface area contributed by atoms with E-state index in [0.717, 1.165) is 0 Å². The predicted octanol–water partition coefficient (Wildman–Crippen LogP) is 1.28. The van der Waals surface area contributed by atoms with Crippen LogP contribution in [0.5, 0.6) is 5.75 Å². The van der Waals surface area contributed by atoms with Gasteiger partial charge in [-0.3, -0.25) is 9.59 Å². The van der Waals surface area contributed by atoms with Crippen LogP contribution in [0, 0.1) is 11.3 Å². The molecule has 1 aromatic carbocycles. The van der Waals surface area contributed by atoms with Crippen molar-refractivity contribution in [1.82, 2.24) is 9.80 Å². The molecule has 6 heteroatoms. The fraction of sp³-hybridized carbons (Fsp3) is 0.438. The smallest absolute Gasteiger partial charge is 0.254 e. The molecule has 0 unspecified atom stereocenters. The van der Waals surface area contributed by atoms with Crippen LogP contribution in [-0.4, -0.2) is 54.9 Å². The molecule has 0 N–H and O–H groups in total. The van der Waals surface area contributed by atoms with Gasteiger partial charge in [0.1, 0.15) is 12.2 Å². The Bertz CT molecular complexity index is 595. The highest BCUT2D eigenvalue weighted by Crippen LogP contribution is 2.15. The standard InChI is InChI=1S/C16H19N3O3/c1-22-14-5-2-4-13(12-14)16(21)19-9-3-8-18(10-11-19)15(20)6-7-17/h2,4-5,12H,3,6,8-11H2,1H3. The van der Waals surface area contributed by atoms with Crippen LogP contribution >= 0.6 is 0 Å². The Morgan fingerprint density at radius 3 is 2.68 bits per heavy atom. The third-order valence-corrected chi connectivity index (χ3v) is 3.68. The first kappa shape index (κ1) is 15.8. The van der Waals surface area contributed by atoms with Gasteiger partial charge in [0.05, 0.1) is 13.2 Å². The molecule has 116 valence electrons. The van der Waals surface area contributed by atoms with Gasteiger partial charge in [0.2, 0.25) is 5.91 Å². The lowest BCUT2D eigenvalue weighted by Gasteiger charge is -2.22. The summed E-state index contributed by atoms with van der Waals surface area (Å²) in [5.74, 6) is 0.415. The molecule has 6 nitrogen and oxygen atoms in total. The lowest BCUT2D eigenvalue weighted by atomic mass is 10.2. The summed E-state index contributed by atoms with van der Waals surface area (Å²) < 4.78 is 5.14. The first-order valence-corrected chi connectivity index (χ1v) is 7.23. The number of rotatable bonds is 3. The summed E-state index contributed by atoms with van der Waals surface area (Å²) in [6.45, 7) is 2.14. The normalized spacial score (nSPS) is 14.9. The Kier molecular flexibility index (Phi) is 5.37. The van der Waals surface area contributed by atoms with Crippen LogP contribution in [0.25, 0.3) is 0 Å². The maximum Gasteiger partial charge on any atom is 0.254 e. The summed E-state index contributed by atoms with van der Waals surface area (Å²) in [6, 6.07) is 8.92. The van der Waals surface area contributed by atoms with E-state index in [1.807, 2.05) is 6.07 Å². The lowest BCUT2D eigenvalue weighted by molar-refractivity contribution is -0.130. The third-order valence-electron chi connectivity index (χ3n) is 3.68. The molecule has 0 spiro atoms. The van der Waals surface area contributed by atoms with E-state index in [2.05, 4.69) is 0 Å². The fourth-order valence-corrected chi connectivity index (χ4v) is 2.49. The lowest BCUT2D eigenvalue weighted by Crippen LogP contribution is -2.37. The third kappa shape index (κ3) is 3.76. The molecule has 1 heterocycles. The van der Waals surface area contributed by atoms with E-state index in [-0.39, 0.29) is 18.2 Å². The second kappa shape index (κ2) is 7.46. The van der Waals surface area contributed by atoms with Crippen LogP contribution < -0.4 is 4.74 Å². The van der Waals surface area contributed by atoms with Crippen LogP contribution in [0.15, 0.2) is 24.3 Å². The number of nitrogens with zero attached hydrogens (tertiary/aromatic N) is 3. The van der Waals surface area contributed by atoms with Crippen molar-refractivity contribution >= 4 is 11.8 Å². The van der Waals surface area contributed by atoms with Gasteiger partial charge in [0.25, 0.3) is 5.91 Å². The largest absolute Gasteiger partial charge is 0.497 e. The van der Waals surface area contributed by atoms with Crippen molar-refractivity contribution < 1.29 is 14.3 Å². The molecule has 1 aromatic rings. The van der Waals surface area contributed by atoms with Gasteiger partial charge in [-0.15, -0.1) is 0 Å². The van der Waals surface area contributed by atoms with Crippen molar-refractivity contribution in [3.05, 3.63) is 29.8 Å². The second-order valence-corrected chi connectivity index (χ2v) is 5.09. The number of ether oxygens (including phenoxy) is 1. The number of hydrogen-bond acceptors (Lipinski definition) is 4. The number of methoxy groups -OCH3 is 1. The summed E-state index contributed by atoms with van der Waals surface area (Å²) >= 11 is 0. The number of benzene rings is 1. The summed E-state index contributed by atoms with van der Waals surface area (Å²) in [7, 11) is 1.56. The first-order chi connectivity index (χ1) is 10.7. The van der Waals surface area contributed by atoms with E-state index in [4.69, 9.17) is 10.00 Å². The molecule has 1 aliphatic heterocycles. The number of amides is 2. The van der Waals surface area contributed by atoms with E-state index in [9.17, 15) is 9.59 Å². The highest BCUT2D eigenvalue weighted by molar-refractivity contribution is 5.94. The minimum absolute atomic E-state index is 0.0616. The van der Waals surface area contributed by atoms with E-state index in [0.29, 0.717) is 43.9 Å². The average Bonchev–Trinajstić information content (AvgIpc) is 2.80. The van der Waals surface area contributed by atoms with Crippen molar-refractivity contribution in [2.45, 2.75) is 12.8 Å². The number of carbonyl (C=O) groups is 2.